The van der Waals surface area contributed by atoms with Gasteiger partial charge in [0.25, 0.3) is 5.91 Å². The number of carbonyl (C=O) groups is 1. The van der Waals surface area contributed by atoms with Gasteiger partial charge in [0.15, 0.2) is 11.5 Å². The standard InChI is InChI=1S/C22H24ClN9O2/c1-13-16(11-32-9-15(23)7-25-32)20(28-34-13)22(33)30-6-5-18-17(10-30)19(27-29(18)2)21-26-24-12-31(21)8-14-3-4-14/h7,9,12,14H,3-6,8,10-11H2,1-2H3. The lowest BCUT2D eigenvalue weighted by atomic mass is 10.0. The zero-order valence-corrected chi connectivity index (χ0v) is 19.7. The molecule has 12 heteroatoms. The molecule has 6 rings (SSSR count). The predicted molar refractivity (Wildman–Crippen MR) is 121 cm³/mol. The largest absolute Gasteiger partial charge is 0.361 e. The molecule has 2 aliphatic rings. The molecule has 1 fully saturated rings. The van der Waals surface area contributed by atoms with Crippen molar-refractivity contribution in [2.75, 3.05) is 6.54 Å². The van der Waals surface area contributed by atoms with E-state index >= 15 is 0 Å². The van der Waals surface area contributed by atoms with Crippen LogP contribution < -0.4 is 0 Å². The van der Waals surface area contributed by atoms with Crippen molar-refractivity contribution in [3.63, 3.8) is 0 Å². The van der Waals surface area contributed by atoms with Gasteiger partial charge in [-0.05, 0) is 25.7 Å². The SMILES string of the molecule is Cc1onc(C(=O)N2CCc3c(c(-c4nncn4CC4CC4)nn3C)C2)c1Cn1cc(Cl)cn1. The Hall–Kier alpha value is -3.47. The molecule has 0 atom stereocenters. The molecule has 1 aliphatic heterocycles. The van der Waals surface area contributed by atoms with Crippen LogP contribution in [0.2, 0.25) is 5.02 Å². The number of rotatable bonds is 6. The minimum absolute atomic E-state index is 0.176. The summed E-state index contributed by atoms with van der Waals surface area (Å²) < 4.78 is 11.0. The second kappa shape index (κ2) is 8.08. The van der Waals surface area contributed by atoms with E-state index in [0.29, 0.717) is 54.0 Å². The summed E-state index contributed by atoms with van der Waals surface area (Å²) in [4.78, 5) is 15.3. The highest BCUT2D eigenvalue weighted by Gasteiger charge is 2.33. The Kier molecular flexibility index (Phi) is 5.01. The van der Waals surface area contributed by atoms with Crippen molar-refractivity contribution in [2.24, 2.45) is 13.0 Å². The molecule has 0 bridgehead atoms. The molecule has 4 aromatic rings. The third-order valence-corrected chi connectivity index (χ3v) is 6.81. The van der Waals surface area contributed by atoms with Gasteiger partial charge in [0.1, 0.15) is 17.8 Å². The van der Waals surface area contributed by atoms with Gasteiger partial charge in [-0.15, -0.1) is 10.2 Å². The number of hydrogen-bond acceptors (Lipinski definition) is 7. The van der Waals surface area contributed by atoms with Gasteiger partial charge in [0.2, 0.25) is 0 Å². The predicted octanol–water partition coefficient (Wildman–Crippen LogP) is 2.48. The lowest BCUT2D eigenvalue weighted by Gasteiger charge is -2.27. The normalized spacial score (nSPS) is 15.7. The maximum atomic E-state index is 13.6. The van der Waals surface area contributed by atoms with Crippen molar-refractivity contribution >= 4 is 17.5 Å². The number of carbonyl (C=O) groups excluding carboxylic acids is 1. The summed E-state index contributed by atoms with van der Waals surface area (Å²) in [5.41, 5.74) is 3.91. The molecular weight excluding hydrogens is 458 g/mol. The fraction of sp³-hybridized carbons (Fsp3) is 0.455. The Morgan fingerprint density at radius 1 is 1.32 bits per heavy atom. The van der Waals surface area contributed by atoms with Crippen molar-refractivity contribution in [2.45, 2.75) is 45.8 Å². The van der Waals surface area contributed by atoms with Crippen LogP contribution in [-0.2, 0) is 33.1 Å². The minimum atomic E-state index is -0.176. The van der Waals surface area contributed by atoms with Crippen LogP contribution in [0.3, 0.4) is 0 Å². The van der Waals surface area contributed by atoms with Gasteiger partial charge in [-0.1, -0.05) is 16.8 Å². The van der Waals surface area contributed by atoms with Crippen LogP contribution in [0, 0.1) is 12.8 Å². The first-order chi connectivity index (χ1) is 16.5. The Labute approximate surface area is 200 Å². The summed E-state index contributed by atoms with van der Waals surface area (Å²) in [5.74, 6) is 1.85. The number of aromatic nitrogens is 8. The number of fused-ring (bicyclic) bond motifs is 1. The first-order valence-corrected chi connectivity index (χ1v) is 11.7. The summed E-state index contributed by atoms with van der Waals surface area (Å²) in [6.45, 7) is 4.04. The lowest BCUT2D eigenvalue weighted by molar-refractivity contribution is 0.0722. The molecule has 0 spiro atoms. The van der Waals surface area contributed by atoms with E-state index in [-0.39, 0.29) is 5.91 Å². The van der Waals surface area contributed by atoms with Gasteiger partial charge in [-0.25, -0.2) is 0 Å². The Balaban J connectivity index is 1.29. The first kappa shape index (κ1) is 21.1. The average molecular weight is 482 g/mol. The van der Waals surface area contributed by atoms with Crippen molar-refractivity contribution in [3.05, 3.63) is 52.0 Å². The summed E-state index contributed by atoms with van der Waals surface area (Å²) in [6, 6.07) is 0. The molecule has 0 aromatic carbocycles. The maximum Gasteiger partial charge on any atom is 0.276 e. The van der Waals surface area contributed by atoms with Crippen molar-refractivity contribution in [1.29, 1.82) is 0 Å². The van der Waals surface area contributed by atoms with Crippen LogP contribution in [-0.4, -0.2) is 56.8 Å². The molecule has 0 N–H and O–H groups in total. The molecule has 176 valence electrons. The fourth-order valence-corrected chi connectivity index (χ4v) is 4.73. The number of aryl methyl sites for hydroxylation is 2. The van der Waals surface area contributed by atoms with Crippen LogP contribution in [0.5, 0.6) is 0 Å². The molecule has 0 radical (unpaired) electrons. The van der Waals surface area contributed by atoms with Crippen molar-refractivity contribution in [1.82, 2.24) is 44.4 Å². The highest BCUT2D eigenvalue weighted by atomic mass is 35.5. The summed E-state index contributed by atoms with van der Waals surface area (Å²) in [7, 11) is 1.94. The zero-order valence-electron chi connectivity index (χ0n) is 19.0. The number of amides is 1. The van der Waals surface area contributed by atoms with E-state index < -0.39 is 0 Å². The van der Waals surface area contributed by atoms with E-state index in [4.69, 9.17) is 21.2 Å². The van der Waals surface area contributed by atoms with E-state index in [1.165, 1.54) is 12.8 Å². The number of halogens is 1. The summed E-state index contributed by atoms with van der Waals surface area (Å²) in [5, 5.41) is 22.1. The Morgan fingerprint density at radius 2 is 2.18 bits per heavy atom. The van der Waals surface area contributed by atoms with Crippen LogP contribution in [0.25, 0.3) is 11.5 Å². The molecule has 0 saturated heterocycles. The maximum absolute atomic E-state index is 13.6. The highest BCUT2D eigenvalue weighted by molar-refractivity contribution is 6.30. The van der Waals surface area contributed by atoms with E-state index in [9.17, 15) is 4.79 Å². The smallest absolute Gasteiger partial charge is 0.276 e. The quantitative estimate of drug-likeness (QED) is 0.415. The molecule has 1 saturated carbocycles. The van der Waals surface area contributed by atoms with E-state index in [2.05, 4.69) is 25.0 Å². The van der Waals surface area contributed by atoms with Gasteiger partial charge in [0, 0.05) is 49.6 Å². The molecular formula is C22H24ClN9O2. The molecule has 5 heterocycles. The van der Waals surface area contributed by atoms with Crippen molar-refractivity contribution in [3.8, 4) is 11.5 Å². The fourth-order valence-electron chi connectivity index (χ4n) is 4.58. The summed E-state index contributed by atoms with van der Waals surface area (Å²) >= 11 is 6.00. The third kappa shape index (κ3) is 3.69. The topological polar surface area (TPSA) is 113 Å². The van der Waals surface area contributed by atoms with Gasteiger partial charge in [-0.2, -0.15) is 10.2 Å². The zero-order chi connectivity index (χ0) is 23.4. The molecule has 34 heavy (non-hydrogen) atoms. The van der Waals surface area contributed by atoms with Gasteiger partial charge >= 0.3 is 0 Å². The average Bonchev–Trinajstić information content (AvgIpc) is 3.12. The van der Waals surface area contributed by atoms with E-state index in [1.807, 2.05) is 11.7 Å². The first-order valence-electron chi connectivity index (χ1n) is 11.3. The molecule has 11 nitrogen and oxygen atoms in total. The Morgan fingerprint density at radius 3 is 2.94 bits per heavy atom. The second-order valence-corrected chi connectivity index (χ2v) is 9.48. The Bertz CT molecular complexity index is 1380. The van der Waals surface area contributed by atoms with Crippen LogP contribution >= 0.6 is 11.6 Å². The third-order valence-electron chi connectivity index (χ3n) is 6.62. The van der Waals surface area contributed by atoms with Crippen LogP contribution in [0.4, 0.5) is 0 Å². The van der Waals surface area contributed by atoms with Gasteiger partial charge < -0.3 is 14.0 Å². The number of hydrogen-bond donors (Lipinski definition) is 0. The van der Waals surface area contributed by atoms with Crippen LogP contribution in [0.15, 0.2) is 23.2 Å². The number of nitrogens with zero attached hydrogens (tertiary/aromatic N) is 9. The van der Waals surface area contributed by atoms with Gasteiger partial charge in [-0.3, -0.25) is 14.2 Å². The highest BCUT2D eigenvalue weighted by Crippen LogP contribution is 2.34. The molecule has 1 amide bonds. The van der Waals surface area contributed by atoms with Gasteiger partial charge in [0.05, 0.1) is 24.3 Å². The van der Waals surface area contributed by atoms with E-state index in [1.54, 1.807) is 35.2 Å². The molecule has 4 aromatic heterocycles. The monoisotopic (exact) mass is 481 g/mol. The second-order valence-electron chi connectivity index (χ2n) is 9.05. The molecule has 1 aliphatic carbocycles. The summed E-state index contributed by atoms with van der Waals surface area (Å²) in [6.07, 6.45) is 8.21. The minimum Gasteiger partial charge on any atom is -0.361 e. The van der Waals surface area contributed by atoms with Crippen molar-refractivity contribution < 1.29 is 9.32 Å². The van der Waals surface area contributed by atoms with E-state index in [0.717, 1.165) is 29.3 Å². The lowest BCUT2D eigenvalue weighted by Crippen LogP contribution is -2.37. The van der Waals surface area contributed by atoms with Crippen LogP contribution in [0.1, 0.15) is 45.9 Å². The molecule has 0 unspecified atom stereocenters.